The molecule has 7 nitrogen and oxygen atoms in total. The van der Waals surface area contributed by atoms with E-state index in [4.69, 9.17) is 0 Å². The second kappa shape index (κ2) is 9.14. The summed E-state index contributed by atoms with van der Waals surface area (Å²) in [6, 6.07) is 6.79. The zero-order valence-corrected chi connectivity index (χ0v) is 19.9. The Kier molecular flexibility index (Phi) is 6.02. The molecule has 1 fully saturated rings. The molecule has 2 N–H and O–H groups in total. The van der Waals surface area contributed by atoms with Crippen LogP contribution in [0.1, 0.15) is 37.7 Å². The van der Waals surface area contributed by atoms with E-state index >= 15 is 0 Å². The number of benzene rings is 1. The second-order valence-corrected chi connectivity index (χ2v) is 9.11. The van der Waals surface area contributed by atoms with Crippen LogP contribution in [0.2, 0.25) is 0 Å². The third-order valence-corrected chi connectivity index (χ3v) is 6.39. The summed E-state index contributed by atoms with van der Waals surface area (Å²) >= 11 is 0. The average molecular weight is 476 g/mol. The van der Waals surface area contributed by atoms with Gasteiger partial charge in [0.25, 0.3) is 0 Å². The fourth-order valence-corrected chi connectivity index (χ4v) is 4.65. The molecule has 0 bridgehead atoms. The summed E-state index contributed by atoms with van der Waals surface area (Å²) in [5, 5.41) is 6.35. The van der Waals surface area contributed by atoms with Crippen molar-refractivity contribution in [2.24, 2.45) is 5.92 Å². The summed E-state index contributed by atoms with van der Waals surface area (Å²) in [6.07, 6.45) is 3.89. The molecular formula is C26H27F2N7. The van der Waals surface area contributed by atoms with Crippen LogP contribution in [-0.2, 0) is 0 Å². The maximum absolute atomic E-state index is 14.9. The highest BCUT2D eigenvalue weighted by atomic mass is 19.1. The Morgan fingerprint density at radius 3 is 2.66 bits per heavy atom. The van der Waals surface area contributed by atoms with Gasteiger partial charge >= 0.3 is 0 Å². The first-order valence-electron chi connectivity index (χ1n) is 11.7. The number of halogens is 2. The molecule has 3 aromatic heterocycles. The number of aromatic nitrogens is 5. The van der Waals surface area contributed by atoms with Crippen molar-refractivity contribution in [1.29, 1.82) is 0 Å². The average Bonchev–Trinajstić information content (AvgIpc) is 3.48. The first-order chi connectivity index (χ1) is 16.8. The Hall–Kier alpha value is -3.72. The standard InChI is InChI=1S/C26H27F2N7/c1-14(2)35-16(4)32-25-20(27)9-19(10-22(25)35)24-21(28)13-31-26(34-24)33-23-6-5-17(12-30-23)15(3)18-7-8-29-11-18/h5-6,9-10,12-14,18,29H,3,7-8,11H2,1-2,4H3,(H,30,31,33,34)/t18-/m1/s1. The highest BCUT2D eigenvalue weighted by molar-refractivity contribution is 5.83. The van der Waals surface area contributed by atoms with Gasteiger partial charge in [-0.25, -0.2) is 28.7 Å². The van der Waals surface area contributed by atoms with Crippen molar-refractivity contribution in [2.45, 2.75) is 33.2 Å². The lowest BCUT2D eigenvalue weighted by atomic mass is 9.94. The van der Waals surface area contributed by atoms with Gasteiger partial charge in [0, 0.05) is 24.3 Å². The van der Waals surface area contributed by atoms with E-state index in [1.165, 1.54) is 6.07 Å². The number of anilines is 2. The van der Waals surface area contributed by atoms with E-state index in [1.54, 1.807) is 12.3 Å². The van der Waals surface area contributed by atoms with E-state index in [0.717, 1.165) is 36.8 Å². The molecule has 9 heteroatoms. The molecule has 1 aliphatic heterocycles. The fraction of sp³-hybridized carbons (Fsp3) is 0.308. The Bertz CT molecular complexity index is 1400. The minimum absolute atomic E-state index is 0.00353. The molecule has 1 aromatic carbocycles. The van der Waals surface area contributed by atoms with Crippen LogP contribution in [-0.4, -0.2) is 37.6 Å². The minimum atomic E-state index is -0.647. The highest BCUT2D eigenvalue weighted by Gasteiger charge is 2.20. The van der Waals surface area contributed by atoms with Crippen LogP contribution in [0.5, 0.6) is 0 Å². The van der Waals surface area contributed by atoms with Crippen molar-refractivity contribution in [3.05, 3.63) is 66.3 Å². The summed E-state index contributed by atoms with van der Waals surface area (Å²) in [6.45, 7) is 11.9. The molecule has 4 heterocycles. The van der Waals surface area contributed by atoms with Crippen LogP contribution in [0.25, 0.3) is 27.9 Å². The van der Waals surface area contributed by atoms with E-state index in [9.17, 15) is 8.78 Å². The van der Waals surface area contributed by atoms with Crippen molar-refractivity contribution >= 4 is 28.4 Å². The van der Waals surface area contributed by atoms with Crippen LogP contribution in [0.3, 0.4) is 0 Å². The number of aryl methyl sites for hydroxylation is 1. The van der Waals surface area contributed by atoms with E-state index in [0.29, 0.717) is 28.6 Å². The van der Waals surface area contributed by atoms with Crippen LogP contribution in [0, 0.1) is 24.5 Å². The molecule has 4 aromatic rings. The number of fused-ring (bicyclic) bond motifs is 1. The Labute approximate surface area is 202 Å². The van der Waals surface area contributed by atoms with Gasteiger partial charge in [-0.1, -0.05) is 6.58 Å². The van der Waals surface area contributed by atoms with Gasteiger partial charge in [0.15, 0.2) is 11.6 Å². The van der Waals surface area contributed by atoms with Crippen LogP contribution < -0.4 is 10.6 Å². The van der Waals surface area contributed by atoms with Crippen molar-refractivity contribution in [1.82, 2.24) is 29.8 Å². The molecule has 5 rings (SSSR count). The summed E-state index contributed by atoms with van der Waals surface area (Å²) in [4.78, 5) is 17.2. The maximum atomic E-state index is 14.9. The minimum Gasteiger partial charge on any atom is -0.326 e. The lowest BCUT2D eigenvalue weighted by Gasteiger charge is -2.13. The van der Waals surface area contributed by atoms with Crippen LogP contribution in [0.4, 0.5) is 20.5 Å². The van der Waals surface area contributed by atoms with E-state index in [-0.39, 0.29) is 23.2 Å². The molecule has 1 saturated heterocycles. The Balaban J connectivity index is 1.44. The van der Waals surface area contributed by atoms with Gasteiger partial charge in [0.1, 0.15) is 22.9 Å². The smallest absolute Gasteiger partial charge is 0.229 e. The molecular weight excluding hydrogens is 448 g/mol. The molecule has 0 unspecified atom stereocenters. The fourth-order valence-electron chi connectivity index (χ4n) is 4.65. The predicted molar refractivity (Wildman–Crippen MR) is 133 cm³/mol. The normalized spacial score (nSPS) is 15.8. The van der Waals surface area contributed by atoms with Gasteiger partial charge in [0.05, 0.1) is 11.7 Å². The van der Waals surface area contributed by atoms with Crippen molar-refractivity contribution in [2.75, 3.05) is 18.4 Å². The number of nitrogens with one attached hydrogen (secondary N) is 2. The first-order valence-corrected chi connectivity index (χ1v) is 11.7. The molecule has 0 amide bonds. The molecule has 180 valence electrons. The molecule has 0 radical (unpaired) electrons. The largest absolute Gasteiger partial charge is 0.326 e. The number of rotatable bonds is 6. The van der Waals surface area contributed by atoms with Gasteiger partial charge in [-0.2, -0.15) is 0 Å². The van der Waals surface area contributed by atoms with Gasteiger partial charge in [-0.15, -0.1) is 0 Å². The molecule has 0 spiro atoms. The summed E-state index contributed by atoms with van der Waals surface area (Å²) in [7, 11) is 0. The number of pyridine rings is 1. The zero-order chi connectivity index (χ0) is 24.7. The van der Waals surface area contributed by atoms with Crippen LogP contribution in [0.15, 0.2) is 43.2 Å². The lowest BCUT2D eigenvalue weighted by Crippen LogP contribution is -2.10. The Morgan fingerprint density at radius 1 is 1.14 bits per heavy atom. The van der Waals surface area contributed by atoms with E-state index < -0.39 is 11.6 Å². The third-order valence-electron chi connectivity index (χ3n) is 6.39. The maximum Gasteiger partial charge on any atom is 0.229 e. The molecule has 1 atom stereocenters. The lowest BCUT2D eigenvalue weighted by molar-refractivity contribution is 0.600. The van der Waals surface area contributed by atoms with Crippen LogP contribution >= 0.6 is 0 Å². The molecule has 1 aliphatic rings. The first kappa shape index (κ1) is 23.0. The molecule has 35 heavy (non-hydrogen) atoms. The second-order valence-electron chi connectivity index (χ2n) is 9.11. The highest BCUT2D eigenvalue weighted by Crippen LogP contribution is 2.31. The molecule has 0 aliphatic carbocycles. The molecule has 0 saturated carbocycles. The zero-order valence-electron chi connectivity index (χ0n) is 19.9. The number of nitrogens with zero attached hydrogens (tertiary/aromatic N) is 5. The van der Waals surface area contributed by atoms with E-state index in [1.807, 2.05) is 37.5 Å². The van der Waals surface area contributed by atoms with Gasteiger partial charge in [-0.3, -0.25) is 0 Å². The van der Waals surface area contributed by atoms with Gasteiger partial charge in [0.2, 0.25) is 5.95 Å². The van der Waals surface area contributed by atoms with Gasteiger partial charge < -0.3 is 15.2 Å². The quantitative estimate of drug-likeness (QED) is 0.388. The van der Waals surface area contributed by atoms with Crippen molar-refractivity contribution in [3.8, 4) is 11.3 Å². The van der Waals surface area contributed by atoms with E-state index in [2.05, 4.69) is 37.1 Å². The van der Waals surface area contributed by atoms with Crippen molar-refractivity contribution < 1.29 is 8.78 Å². The third kappa shape index (κ3) is 4.39. The summed E-state index contributed by atoms with van der Waals surface area (Å²) in [5.41, 5.74) is 3.19. The predicted octanol–water partition coefficient (Wildman–Crippen LogP) is 5.42. The Morgan fingerprint density at radius 2 is 1.97 bits per heavy atom. The number of hydrogen-bond acceptors (Lipinski definition) is 6. The topological polar surface area (TPSA) is 80.6 Å². The number of imidazole rings is 1. The summed E-state index contributed by atoms with van der Waals surface area (Å²) < 4.78 is 31.6. The van der Waals surface area contributed by atoms with Crippen molar-refractivity contribution in [3.63, 3.8) is 0 Å². The number of hydrogen-bond donors (Lipinski definition) is 2. The SMILES string of the molecule is C=C(c1ccc(Nc2ncc(F)c(-c3cc(F)c4nc(C)n(C(C)C)c4c3)n2)nc1)[C@@H]1CCNC1. The summed E-state index contributed by atoms with van der Waals surface area (Å²) in [5.74, 6) is 0.604. The monoisotopic (exact) mass is 475 g/mol. The van der Waals surface area contributed by atoms with Gasteiger partial charge in [-0.05, 0) is 75.1 Å².